The molecular formula is C32H36N2O2. The first-order chi connectivity index (χ1) is 17.6. The summed E-state index contributed by atoms with van der Waals surface area (Å²) in [7, 11) is 0. The molecule has 3 aromatic carbocycles. The number of phenols is 1. The number of rotatable bonds is 5. The monoisotopic (exact) mass is 480 g/mol. The summed E-state index contributed by atoms with van der Waals surface area (Å²) in [5, 5.41) is 10.1. The van der Waals surface area contributed by atoms with Crippen molar-refractivity contribution in [1.82, 2.24) is 4.90 Å². The lowest BCUT2D eigenvalue weighted by Crippen LogP contribution is -2.41. The SMILES string of the molecule is O=CCN1CCC2(CCN(c3ccc(C4c5ccc(O)cc5CCC4c4ccccc4)cc3)CC2)C1. The van der Waals surface area contributed by atoms with Gasteiger partial charge in [-0.3, -0.25) is 4.90 Å². The summed E-state index contributed by atoms with van der Waals surface area (Å²) < 4.78 is 0. The highest BCUT2D eigenvalue weighted by Gasteiger charge is 2.40. The molecule has 36 heavy (non-hydrogen) atoms. The van der Waals surface area contributed by atoms with Gasteiger partial charge < -0.3 is 14.8 Å². The number of carbonyl (C=O) groups excluding carboxylic acids is 1. The first kappa shape index (κ1) is 23.3. The summed E-state index contributed by atoms with van der Waals surface area (Å²) in [6.07, 6.45) is 6.77. The Balaban J connectivity index is 1.22. The number of likely N-dealkylation sites (tertiary alicyclic amines) is 1. The molecule has 0 bridgehead atoms. The third-order valence-corrected chi connectivity index (χ3v) is 9.11. The second kappa shape index (κ2) is 9.74. The van der Waals surface area contributed by atoms with E-state index in [2.05, 4.69) is 70.5 Å². The number of phenolic OH excluding ortho intramolecular Hbond substituents is 1. The van der Waals surface area contributed by atoms with Crippen LogP contribution < -0.4 is 4.90 Å². The summed E-state index contributed by atoms with van der Waals surface area (Å²) in [6, 6.07) is 26.2. The van der Waals surface area contributed by atoms with Crippen LogP contribution in [0.2, 0.25) is 0 Å². The van der Waals surface area contributed by atoms with Crippen molar-refractivity contribution < 1.29 is 9.90 Å². The van der Waals surface area contributed by atoms with Crippen molar-refractivity contribution in [2.75, 3.05) is 37.6 Å². The highest BCUT2D eigenvalue weighted by Crippen LogP contribution is 2.47. The molecule has 1 spiro atoms. The van der Waals surface area contributed by atoms with Crippen LogP contribution in [0, 0.1) is 5.41 Å². The van der Waals surface area contributed by atoms with Gasteiger partial charge >= 0.3 is 0 Å². The van der Waals surface area contributed by atoms with E-state index in [-0.39, 0.29) is 5.92 Å². The average molecular weight is 481 g/mol. The Morgan fingerprint density at radius 2 is 1.64 bits per heavy atom. The van der Waals surface area contributed by atoms with Crippen molar-refractivity contribution >= 4 is 12.0 Å². The largest absolute Gasteiger partial charge is 0.508 e. The van der Waals surface area contributed by atoms with Crippen molar-refractivity contribution in [3.63, 3.8) is 0 Å². The van der Waals surface area contributed by atoms with Gasteiger partial charge in [0.05, 0.1) is 6.54 Å². The fourth-order valence-corrected chi connectivity index (χ4v) is 7.11. The molecule has 2 fully saturated rings. The number of carbonyl (C=O) groups is 1. The number of benzene rings is 3. The number of nitrogens with zero attached hydrogens (tertiary/aromatic N) is 2. The molecule has 3 aromatic rings. The Kier molecular flexibility index (Phi) is 6.30. The molecule has 4 nitrogen and oxygen atoms in total. The second-order valence-electron chi connectivity index (χ2n) is 11.1. The number of aryl methyl sites for hydroxylation is 1. The summed E-state index contributed by atoms with van der Waals surface area (Å²) in [6.45, 7) is 4.91. The molecular weight excluding hydrogens is 444 g/mol. The van der Waals surface area contributed by atoms with Gasteiger partial charge in [0.1, 0.15) is 12.0 Å². The van der Waals surface area contributed by atoms with Gasteiger partial charge in [0.15, 0.2) is 0 Å². The molecule has 0 saturated carbocycles. The minimum absolute atomic E-state index is 0.290. The number of hydrogen-bond acceptors (Lipinski definition) is 4. The van der Waals surface area contributed by atoms with Crippen LogP contribution in [0.1, 0.15) is 59.8 Å². The molecule has 1 N–H and O–H groups in total. The van der Waals surface area contributed by atoms with Crippen LogP contribution in [0.25, 0.3) is 0 Å². The number of aldehydes is 1. The van der Waals surface area contributed by atoms with Gasteiger partial charge in [-0.2, -0.15) is 0 Å². The summed E-state index contributed by atoms with van der Waals surface area (Å²) >= 11 is 0. The molecule has 2 atom stereocenters. The maximum Gasteiger partial charge on any atom is 0.133 e. The molecule has 3 aliphatic rings. The van der Waals surface area contributed by atoms with Crippen LogP contribution in [0.5, 0.6) is 5.75 Å². The van der Waals surface area contributed by atoms with Crippen molar-refractivity contribution in [3.8, 4) is 5.75 Å². The zero-order valence-electron chi connectivity index (χ0n) is 21.0. The van der Waals surface area contributed by atoms with Crippen LogP contribution in [0.4, 0.5) is 5.69 Å². The quantitative estimate of drug-likeness (QED) is 0.473. The van der Waals surface area contributed by atoms with Gasteiger partial charge in [-0.25, -0.2) is 0 Å². The van der Waals surface area contributed by atoms with E-state index in [0.717, 1.165) is 45.3 Å². The first-order valence-electron chi connectivity index (χ1n) is 13.5. The molecule has 186 valence electrons. The van der Waals surface area contributed by atoms with Gasteiger partial charge in [0, 0.05) is 31.2 Å². The lowest BCUT2D eigenvalue weighted by Gasteiger charge is -2.40. The maximum atomic E-state index is 10.9. The lowest BCUT2D eigenvalue weighted by atomic mass is 9.69. The Morgan fingerprint density at radius 1 is 0.889 bits per heavy atom. The topological polar surface area (TPSA) is 43.8 Å². The van der Waals surface area contributed by atoms with Gasteiger partial charge in [-0.1, -0.05) is 48.5 Å². The summed E-state index contributed by atoms with van der Waals surface area (Å²) in [5.41, 5.74) is 7.09. The molecule has 2 saturated heterocycles. The standard InChI is InChI=1S/C32H36N2O2/c35-21-20-33-17-14-32(23-33)15-18-34(19-16-32)27-9-6-25(7-10-27)31-29(24-4-2-1-3-5-24)12-8-26-22-28(36)11-13-30(26)31/h1-7,9-11,13,21-22,29,31,36H,8,12,14-20,23H2. The van der Waals surface area contributed by atoms with E-state index in [0.29, 0.717) is 23.6 Å². The fraction of sp³-hybridized carbons (Fsp3) is 0.406. The van der Waals surface area contributed by atoms with E-state index in [4.69, 9.17) is 0 Å². The minimum atomic E-state index is 0.290. The molecule has 2 heterocycles. The Labute approximate surface area is 214 Å². The van der Waals surface area contributed by atoms with Crippen molar-refractivity contribution in [2.45, 2.75) is 43.9 Å². The third-order valence-electron chi connectivity index (χ3n) is 9.11. The van der Waals surface area contributed by atoms with E-state index in [1.165, 1.54) is 47.2 Å². The normalized spacial score (nSPS) is 23.5. The van der Waals surface area contributed by atoms with E-state index in [1.807, 2.05) is 12.1 Å². The molecule has 4 heteroatoms. The molecule has 0 aromatic heterocycles. The lowest BCUT2D eigenvalue weighted by molar-refractivity contribution is -0.108. The summed E-state index contributed by atoms with van der Waals surface area (Å²) in [4.78, 5) is 15.8. The predicted octanol–water partition coefficient (Wildman–Crippen LogP) is 5.75. The Morgan fingerprint density at radius 3 is 2.39 bits per heavy atom. The summed E-state index contributed by atoms with van der Waals surface area (Å²) in [5.74, 6) is 1.08. The van der Waals surface area contributed by atoms with Crippen molar-refractivity contribution in [1.29, 1.82) is 0 Å². The molecule has 6 rings (SSSR count). The first-order valence-corrected chi connectivity index (χ1v) is 13.5. The fourth-order valence-electron chi connectivity index (χ4n) is 7.11. The van der Waals surface area contributed by atoms with Crippen LogP contribution in [-0.4, -0.2) is 49.0 Å². The van der Waals surface area contributed by atoms with Gasteiger partial charge in [0.2, 0.25) is 0 Å². The number of aromatic hydroxyl groups is 1. The van der Waals surface area contributed by atoms with Crippen LogP contribution in [-0.2, 0) is 11.2 Å². The third kappa shape index (κ3) is 4.43. The molecule has 2 aliphatic heterocycles. The van der Waals surface area contributed by atoms with Gasteiger partial charge in [-0.15, -0.1) is 0 Å². The number of anilines is 1. The van der Waals surface area contributed by atoms with E-state index in [1.54, 1.807) is 0 Å². The van der Waals surface area contributed by atoms with Crippen LogP contribution in [0.15, 0.2) is 72.8 Å². The number of hydrogen-bond donors (Lipinski definition) is 1. The van der Waals surface area contributed by atoms with Crippen LogP contribution >= 0.6 is 0 Å². The number of fused-ring (bicyclic) bond motifs is 1. The van der Waals surface area contributed by atoms with E-state index < -0.39 is 0 Å². The highest BCUT2D eigenvalue weighted by atomic mass is 16.3. The smallest absolute Gasteiger partial charge is 0.133 e. The maximum absolute atomic E-state index is 10.9. The predicted molar refractivity (Wildman–Crippen MR) is 145 cm³/mol. The highest BCUT2D eigenvalue weighted by molar-refractivity contribution is 5.53. The minimum Gasteiger partial charge on any atom is -0.508 e. The van der Waals surface area contributed by atoms with E-state index >= 15 is 0 Å². The zero-order valence-corrected chi connectivity index (χ0v) is 21.0. The Bertz CT molecular complexity index is 1200. The molecule has 2 unspecified atom stereocenters. The van der Waals surface area contributed by atoms with Crippen molar-refractivity contribution in [2.24, 2.45) is 5.41 Å². The van der Waals surface area contributed by atoms with E-state index in [9.17, 15) is 9.90 Å². The van der Waals surface area contributed by atoms with Gasteiger partial charge in [0.25, 0.3) is 0 Å². The van der Waals surface area contributed by atoms with Crippen molar-refractivity contribution in [3.05, 3.63) is 95.1 Å². The molecule has 1 aliphatic carbocycles. The van der Waals surface area contributed by atoms with Gasteiger partial charge in [-0.05, 0) is 96.5 Å². The second-order valence-corrected chi connectivity index (χ2v) is 11.1. The average Bonchev–Trinajstić information content (AvgIpc) is 3.31. The molecule has 0 radical (unpaired) electrons. The van der Waals surface area contributed by atoms with Crippen LogP contribution in [0.3, 0.4) is 0 Å². The molecule has 0 amide bonds. The number of piperidine rings is 1. The Hall–Kier alpha value is -3.11. The zero-order chi connectivity index (χ0) is 24.5.